The molecule has 1 aromatic carbocycles. The van der Waals surface area contributed by atoms with Crippen molar-refractivity contribution in [3.05, 3.63) is 64.1 Å². The zero-order valence-electron chi connectivity index (χ0n) is 9.68. The minimum atomic E-state index is -0.420. The van der Waals surface area contributed by atoms with Gasteiger partial charge in [0.25, 0.3) is 5.91 Å². The summed E-state index contributed by atoms with van der Waals surface area (Å²) in [6.45, 7) is 0. The molecular weight excluding hydrogens is 313 g/mol. The fourth-order valence-electron chi connectivity index (χ4n) is 1.33. The van der Waals surface area contributed by atoms with Crippen LogP contribution in [-0.4, -0.2) is 17.1 Å². The lowest BCUT2D eigenvalue weighted by molar-refractivity contribution is 0.0955. The smallest absolute Gasteiger partial charge is 0.267 e. The number of halogens is 2. The topological polar surface area (TPSA) is 54.4 Å². The Hall–Kier alpha value is -2.08. The second-order valence-electron chi connectivity index (χ2n) is 3.60. The summed E-state index contributed by atoms with van der Waals surface area (Å²) in [4.78, 5) is 15.4. The predicted molar refractivity (Wildman–Crippen MR) is 73.4 cm³/mol. The van der Waals surface area contributed by atoms with Gasteiger partial charge in [-0.25, -0.2) is 9.82 Å². The van der Waals surface area contributed by atoms with Gasteiger partial charge in [0, 0.05) is 28.0 Å². The maximum Gasteiger partial charge on any atom is 0.271 e. The minimum absolute atomic E-state index is 0.290. The summed E-state index contributed by atoms with van der Waals surface area (Å²) in [6, 6.07) is 7.69. The van der Waals surface area contributed by atoms with Gasteiger partial charge in [0.1, 0.15) is 5.82 Å². The minimum Gasteiger partial charge on any atom is -0.267 e. The highest BCUT2D eigenvalue weighted by atomic mass is 79.9. The van der Waals surface area contributed by atoms with Crippen LogP contribution in [0.5, 0.6) is 0 Å². The van der Waals surface area contributed by atoms with Crippen molar-refractivity contribution in [3.8, 4) is 0 Å². The van der Waals surface area contributed by atoms with Crippen molar-refractivity contribution in [2.24, 2.45) is 5.10 Å². The molecule has 0 bridgehead atoms. The number of carbonyl (C=O) groups excluding carboxylic acids is 1. The Labute approximate surface area is 117 Å². The molecule has 2 aromatic rings. The Bertz CT molecular complexity index is 617. The molecule has 0 aliphatic heterocycles. The number of carbonyl (C=O) groups is 1. The van der Waals surface area contributed by atoms with E-state index >= 15 is 0 Å². The third kappa shape index (κ3) is 3.69. The van der Waals surface area contributed by atoms with Crippen molar-refractivity contribution in [1.29, 1.82) is 0 Å². The fourth-order valence-corrected chi connectivity index (χ4v) is 1.67. The summed E-state index contributed by atoms with van der Waals surface area (Å²) < 4.78 is 14.1. The molecule has 0 atom stereocenters. The van der Waals surface area contributed by atoms with Crippen molar-refractivity contribution >= 4 is 28.1 Å². The second kappa shape index (κ2) is 6.19. The Morgan fingerprint density at radius 2 is 2.05 bits per heavy atom. The molecule has 96 valence electrons. The number of rotatable bonds is 3. The molecule has 19 heavy (non-hydrogen) atoms. The summed E-state index contributed by atoms with van der Waals surface area (Å²) >= 11 is 3.16. The maximum atomic E-state index is 13.5. The van der Waals surface area contributed by atoms with E-state index < -0.39 is 5.82 Å². The van der Waals surface area contributed by atoms with Gasteiger partial charge >= 0.3 is 0 Å². The normalized spacial score (nSPS) is 10.6. The van der Waals surface area contributed by atoms with E-state index in [1.165, 1.54) is 24.7 Å². The van der Waals surface area contributed by atoms with E-state index in [1.54, 1.807) is 24.3 Å². The van der Waals surface area contributed by atoms with Crippen LogP contribution in [0.25, 0.3) is 0 Å². The average molecular weight is 322 g/mol. The third-order valence-corrected chi connectivity index (χ3v) is 2.77. The van der Waals surface area contributed by atoms with Crippen molar-refractivity contribution < 1.29 is 9.18 Å². The van der Waals surface area contributed by atoms with Crippen LogP contribution in [0.4, 0.5) is 4.39 Å². The molecule has 1 heterocycles. The number of amides is 1. The lowest BCUT2D eigenvalue weighted by Gasteiger charge is -1.99. The molecule has 0 radical (unpaired) electrons. The number of hydrazone groups is 1. The summed E-state index contributed by atoms with van der Waals surface area (Å²) in [5.74, 6) is -0.799. The van der Waals surface area contributed by atoms with Gasteiger partial charge in [-0.2, -0.15) is 5.10 Å². The Morgan fingerprint density at radius 1 is 1.32 bits per heavy atom. The zero-order valence-corrected chi connectivity index (χ0v) is 11.3. The highest BCUT2D eigenvalue weighted by molar-refractivity contribution is 9.10. The lowest BCUT2D eigenvalue weighted by Crippen LogP contribution is -2.17. The SMILES string of the molecule is O=C(N/N=C\c1ccc(Br)cc1F)c1ccncc1. The molecular formula is C13H9BrFN3O. The zero-order chi connectivity index (χ0) is 13.7. The molecule has 0 unspecified atom stereocenters. The van der Waals surface area contributed by atoms with Crippen molar-refractivity contribution in [2.75, 3.05) is 0 Å². The van der Waals surface area contributed by atoms with E-state index in [9.17, 15) is 9.18 Å². The van der Waals surface area contributed by atoms with Gasteiger partial charge in [0.2, 0.25) is 0 Å². The summed E-state index contributed by atoms with van der Waals surface area (Å²) in [7, 11) is 0. The van der Waals surface area contributed by atoms with Crippen LogP contribution in [0.2, 0.25) is 0 Å². The first-order valence-corrected chi connectivity index (χ1v) is 6.14. The molecule has 0 spiro atoms. The number of benzene rings is 1. The highest BCUT2D eigenvalue weighted by Gasteiger charge is 2.03. The predicted octanol–water partition coefficient (Wildman–Crippen LogP) is 2.75. The van der Waals surface area contributed by atoms with Crippen LogP contribution in [0.1, 0.15) is 15.9 Å². The van der Waals surface area contributed by atoms with Gasteiger partial charge in [-0.1, -0.05) is 15.9 Å². The first-order valence-electron chi connectivity index (χ1n) is 5.35. The van der Waals surface area contributed by atoms with Crippen LogP contribution in [-0.2, 0) is 0 Å². The Kier molecular flexibility index (Phi) is 4.35. The quantitative estimate of drug-likeness (QED) is 0.698. The molecule has 4 nitrogen and oxygen atoms in total. The van der Waals surface area contributed by atoms with E-state index in [2.05, 4.69) is 31.4 Å². The van der Waals surface area contributed by atoms with Gasteiger partial charge < -0.3 is 0 Å². The largest absolute Gasteiger partial charge is 0.271 e. The number of nitrogens with one attached hydrogen (secondary N) is 1. The van der Waals surface area contributed by atoms with E-state index in [1.807, 2.05) is 0 Å². The fraction of sp³-hybridized carbons (Fsp3) is 0. The molecule has 0 fully saturated rings. The second-order valence-corrected chi connectivity index (χ2v) is 4.52. The van der Waals surface area contributed by atoms with Crippen molar-refractivity contribution in [2.45, 2.75) is 0 Å². The van der Waals surface area contributed by atoms with Crippen LogP contribution in [0.15, 0.2) is 52.3 Å². The van der Waals surface area contributed by atoms with Gasteiger partial charge in [-0.05, 0) is 30.3 Å². The molecule has 0 aliphatic carbocycles. The summed E-state index contributed by atoms with van der Waals surface area (Å²) in [6.07, 6.45) is 4.26. The molecule has 1 aromatic heterocycles. The van der Waals surface area contributed by atoms with Gasteiger partial charge in [-0.15, -0.1) is 0 Å². The molecule has 0 aliphatic rings. The Balaban J connectivity index is 2.02. The van der Waals surface area contributed by atoms with Gasteiger partial charge in [0.05, 0.1) is 6.21 Å². The third-order valence-electron chi connectivity index (χ3n) is 2.27. The molecule has 1 amide bonds. The number of pyridine rings is 1. The van der Waals surface area contributed by atoms with Crippen LogP contribution in [0, 0.1) is 5.82 Å². The van der Waals surface area contributed by atoms with Gasteiger partial charge in [0.15, 0.2) is 0 Å². The number of nitrogens with zero attached hydrogens (tertiary/aromatic N) is 2. The van der Waals surface area contributed by atoms with E-state index in [0.717, 1.165) is 0 Å². The first-order chi connectivity index (χ1) is 9.16. The molecule has 6 heteroatoms. The van der Waals surface area contributed by atoms with E-state index in [-0.39, 0.29) is 5.91 Å². The summed E-state index contributed by atoms with van der Waals surface area (Å²) in [5, 5.41) is 3.71. The van der Waals surface area contributed by atoms with Crippen LogP contribution >= 0.6 is 15.9 Å². The lowest BCUT2D eigenvalue weighted by atomic mass is 10.2. The number of hydrogen-bond acceptors (Lipinski definition) is 3. The Morgan fingerprint density at radius 3 is 2.74 bits per heavy atom. The molecule has 0 saturated carbocycles. The molecule has 1 N–H and O–H groups in total. The van der Waals surface area contributed by atoms with E-state index in [4.69, 9.17) is 0 Å². The maximum absolute atomic E-state index is 13.5. The van der Waals surface area contributed by atoms with Gasteiger partial charge in [-0.3, -0.25) is 9.78 Å². The van der Waals surface area contributed by atoms with Crippen molar-refractivity contribution in [1.82, 2.24) is 10.4 Å². The highest BCUT2D eigenvalue weighted by Crippen LogP contribution is 2.13. The van der Waals surface area contributed by atoms with Crippen LogP contribution < -0.4 is 5.43 Å². The monoisotopic (exact) mass is 321 g/mol. The molecule has 0 saturated heterocycles. The standard InChI is InChI=1S/C13H9BrFN3O/c14-11-2-1-10(12(15)7-11)8-17-18-13(19)9-3-5-16-6-4-9/h1-8H,(H,18,19)/b17-8-. The first kappa shape index (κ1) is 13.4. The average Bonchev–Trinajstić information content (AvgIpc) is 2.42. The number of aromatic nitrogens is 1. The van der Waals surface area contributed by atoms with Crippen LogP contribution in [0.3, 0.4) is 0 Å². The number of hydrogen-bond donors (Lipinski definition) is 1. The van der Waals surface area contributed by atoms with E-state index in [0.29, 0.717) is 15.6 Å². The summed E-state index contributed by atoms with van der Waals surface area (Å²) in [5.41, 5.74) is 3.04. The molecule has 2 rings (SSSR count). The van der Waals surface area contributed by atoms with Crippen molar-refractivity contribution in [3.63, 3.8) is 0 Å².